The smallest absolute Gasteiger partial charge is 0.246 e. The average Bonchev–Trinajstić information content (AvgIpc) is 2.59. The second kappa shape index (κ2) is 7.16. The van der Waals surface area contributed by atoms with Crippen LogP contribution in [0.2, 0.25) is 0 Å². The van der Waals surface area contributed by atoms with Crippen molar-refractivity contribution in [2.24, 2.45) is 11.8 Å². The van der Waals surface area contributed by atoms with Crippen LogP contribution in [0.3, 0.4) is 0 Å². The first-order chi connectivity index (χ1) is 11.2. The van der Waals surface area contributed by atoms with Crippen LogP contribution in [0.1, 0.15) is 37.7 Å². The molecule has 3 rings (SSSR count). The Bertz CT molecular complexity index is 599. The van der Waals surface area contributed by atoms with Crippen molar-refractivity contribution in [2.75, 3.05) is 20.2 Å². The molecule has 4 heteroatoms. The van der Waals surface area contributed by atoms with Crippen molar-refractivity contribution in [1.29, 1.82) is 0 Å². The summed E-state index contributed by atoms with van der Waals surface area (Å²) >= 11 is 0. The molecule has 1 aromatic rings. The Balaban J connectivity index is 1.61. The van der Waals surface area contributed by atoms with Gasteiger partial charge in [0.25, 0.3) is 0 Å². The molecule has 1 amide bonds. The highest BCUT2D eigenvalue weighted by atomic mass is 19.1. The van der Waals surface area contributed by atoms with Crippen LogP contribution in [0.25, 0.3) is 6.08 Å². The molecule has 0 radical (unpaired) electrons. The zero-order chi connectivity index (χ0) is 16.2. The Morgan fingerprint density at radius 3 is 2.78 bits per heavy atom. The molecule has 2 fully saturated rings. The summed E-state index contributed by atoms with van der Waals surface area (Å²) in [5.41, 5.74) is 0.671. The third-order valence-corrected chi connectivity index (χ3v) is 5.20. The first-order valence-electron chi connectivity index (χ1n) is 8.48. The maximum atomic E-state index is 13.7. The minimum Gasteiger partial charge on any atom is -0.494 e. The molecule has 1 heterocycles. The molecule has 0 spiro atoms. The Morgan fingerprint density at radius 2 is 2.04 bits per heavy atom. The summed E-state index contributed by atoms with van der Waals surface area (Å²) < 4.78 is 18.6. The van der Waals surface area contributed by atoms with E-state index in [4.69, 9.17) is 4.74 Å². The Labute approximate surface area is 137 Å². The van der Waals surface area contributed by atoms with Gasteiger partial charge in [-0.15, -0.1) is 0 Å². The summed E-state index contributed by atoms with van der Waals surface area (Å²) in [7, 11) is 1.44. The van der Waals surface area contributed by atoms with Crippen molar-refractivity contribution < 1.29 is 13.9 Å². The molecule has 1 saturated heterocycles. The Kier molecular flexibility index (Phi) is 4.99. The number of fused-ring (bicyclic) bond motifs is 1. The highest BCUT2D eigenvalue weighted by Crippen LogP contribution is 2.36. The second-order valence-corrected chi connectivity index (χ2v) is 6.60. The largest absolute Gasteiger partial charge is 0.494 e. The molecular formula is C19H24FNO2. The van der Waals surface area contributed by atoms with Gasteiger partial charge in [-0.05, 0) is 48.4 Å². The first-order valence-corrected chi connectivity index (χ1v) is 8.48. The Hall–Kier alpha value is -1.84. The predicted octanol–water partition coefficient (Wildman–Crippen LogP) is 3.89. The quantitative estimate of drug-likeness (QED) is 0.792. The number of amides is 1. The van der Waals surface area contributed by atoms with Gasteiger partial charge < -0.3 is 9.64 Å². The minimum atomic E-state index is -0.412. The lowest BCUT2D eigenvalue weighted by Crippen LogP contribution is -2.44. The number of piperidine rings is 1. The molecule has 2 aliphatic rings. The van der Waals surface area contributed by atoms with Gasteiger partial charge in [-0.1, -0.05) is 25.3 Å². The summed E-state index contributed by atoms with van der Waals surface area (Å²) in [5, 5.41) is 0. The fourth-order valence-corrected chi connectivity index (χ4v) is 3.86. The van der Waals surface area contributed by atoms with Gasteiger partial charge in [-0.3, -0.25) is 4.79 Å². The number of carbonyl (C=O) groups excluding carboxylic acids is 1. The fourth-order valence-electron chi connectivity index (χ4n) is 3.86. The lowest BCUT2D eigenvalue weighted by Gasteiger charge is -2.41. The zero-order valence-electron chi connectivity index (χ0n) is 13.6. The number of halogens is 1. The van der Waals surface area contributed by atoms with E-state index in [-0.39, 0.29) is 11.7 Å². The number of carbonyl (C=O) groups is 1. The van der Waals surface area contributed by atoms with Gasteiger partial charge in [0, 0.05) is 19.2 Å². The van der Waals surface area contributed by atoms with Crippen LogP contribution in [0.4, 0.5) is 4.39 Å². The molecule has 3 nitrogen and oxygen atoms in total. The van der Waals surface area contributed by atoms with Gasteiger partial charge in [-0.2, -0.15) is 0 Å². The summed E-state index contributed by atoms with van der Waals surface area (Å²) in [6, 6.07) is 4.71. The molecule has 124 valence electrons. The average molecular weight is 317 g/mol. The van der Waals surface area contributed by atoms with E-state index in [0.717, 1.165) is 25.4 Å². The molecular weight excluding hydrogens is 293 g/mol. The van der Waals surface area contributed by atoms with Crippen LogP contribution in [0.15, 0.2) is 24.3 Å². The monoisotopic (exact) mass is 317 g/mol. The highest BCUT2D eigenvalue weighted by Gasteiger charge is 2.32. The second-order valence-electron chi connectivity index (χ2n) is 6.60. The van der Waals surface area contributed by atoms with E-state index < -0.39 is 5.82 Å². The van der Waals surface area contributed by atoms with Gasteiger partial charge in [0.2, 0.25) is 5.91 Å². The molecule has 0 N–H and O–H groups in total. The van der Waals surface area contributed by atoms with E-state index in [1.54, 1.807) is 24.3 Å². The van der Waals surface area contributed by atoms with E-state index in [1.807, 2.05) is 4.90 Å². The predicted molar refractivity (Wildman–Crippen MR) is 88.6 cm³/mol. The van der Waals surface area contributed by atoms with Crippen molar-refractivity contribution in [3.8, 4) is 5.75 Å². The molecule has 1 aliphatic heterocycles. The fraction of sp³-hybridized carbons (Fsp3) is 0.526. The first kappa shape index (κ1) is 16.0. The molecule has 1 aromatic carbocycles. The Morgan fingerprint density at radius 1 is 1.26 bits per heavy atom. The number of nitrogens with zero attached hydrogens (tertiary/aromatic N) is 1. The van der Waals surface area contributed by atoms with Gasteiger partial charge >= 0.3 is 0 Å². The molecule has 0 unspecified atom stereocenters. The van der Waals surface area contributed by atoms with Crippen molar-refractivity contribution in [3.05, 3.63) is 35.7 Å². The third-order valence-electron chi connectivity index (χ3n) is 5.20. The number of hydrogen-bond acceptors (Lipinski definition) is 2. The zero-order valence-corrected chi connectivity index (χ0v) is 13.6. The minimum absolute atomic E-state index is 0.0326. The van der Waals surface area contributed by atoms with Gasteiger partial charge in [-0.25, -0.2) is 4.39 Å². The standard InChI is InChI=1S/C19H24FNO2/c1-23-18-8-6-14(12-17(18)20)7-9-19(22)21-11-10-15-4-2-3-5-16(15)13-21/h6-9,12,15-16H,2-5,10-11,13H2,1H3/b9-7+/t15-,16+/m1/s1. The lowest BCUT2D eigenvalue weighted by atomic mass is 9.75. The molecule has 0 aromatic heterocycles. The maximum Gasteiger partial charge on any atom is 0.246 e. The number of benzene rings is 1. The molecule has 1 aliphatic carbocycles. The maximum absolute atomic E-state index is 13.7. The number of likely N-dealkylation sites (tertiary alicyclic amines) is 1. The molecule has 1 saturated carbocycles. The van der Waals surface area contributed by atoms with E-state index in [2.05, 4.69) is 0 Å². The number of rotatable bonds is 3. The van der Waals surface area contributed by atoms with Gasteiger partial charge in [0.05, 0.1) is 7.11 Å². The molecule has 23 heavy (non-hydrogen) atoms. The van der Waals surface area contributed by atoms with Crippen LogP contribution >= 0.6 is 0 Å². The van der Waals surface area contributed by atoms with Crippen molar-refractivity contribution >= 4 is 12.0 Å². The van der Waals surface area contributed by atoms with E-state index in [9.17, 15) is 9.18 Å². The summed E-state index contributed by atoms with van der Waals surface area (Å²) in [4.78, 5) is 14.3. The van der Waals surface area contributed by atoms with Crippen LogP contribution in [-0.2, 0) is 4.79 Å². The molecule has 0 bridgehead atoms. The number of methoxy groups -OCH3 is 1. The van der Waals surface area contributed by atoms with E-state index >= 15 is 0 Å². The van der Waals surface area contributed by atoms with Gasteiger partial charge in [0.1, 0.15) is 0 Å². The summed E-state index contributed by atoms with van der Waals surface area (Å²) in [6.45, 7) is 1.73. The third kappa shape index (κ3) is 3.74. The number of hydrogen-bond donors (Lipinski definition) is 0. The number of ether oxygens (including phenoxy) is 1. The topological polar surface area (TPSA) is 29.5 Å². The van der Waals surface area contributed by atoms with Gasteiger partial charge in [0.15, 0.2) is 11.6 Å². The normalized spacial score (nSPS) is 24.5. The van der Waals surface area contributed by atoms with Crippen LogP contribution < -0.4 is 4.74 Å². The SMILES string of the molecule is COc1ccc(/C=C/C(=O)N2CC[C@H]3CCCC[C@H]3C2)cc1F. The van der Waals surface area contributed by atoms with Crippen molar-refractivity contribution in [1.82, 2.24) is 4.90 Å². The van der Waals surface area contributed by atoms with Crippen LogP contribution in [-0.4, -0.2) is 31.0 Å². The lowest BCUT2D eigenvalue weighted by molar-refractivity contribution is -0.128. The van der Waals surface area contributed by atoms with Crippen molar-refractivity contribution in [3.63, 3.8) is 0 Å². The van der Waals surface area contributed by atoms with Crippen LogP contribution in [0, 0.1) is 17.7 Å². The van der Waals surface area contributed by atoms with Crippen molar-refractivity contribution in [2.45, 2.75) is 32.1 Å². The molecule has 2 atom stereocenters. The van der Waals surface area contributed by atoms with E-state index in [0.29, 0.717) is 11.5 Å². The van der Waals surface area contributed by atoms with Crippen LogP contribution in [0.5, 0.6) is 5.75 Å². The summed E-state index contributed by atoms with van der Waals surface area (Å²) in [5.74, 6) is 1.32. The summed E-state index contributed by atoms with van der Waals surface area (Å²) in [6.07, 6.45) is 9.58. The van der Waals surface area contributed by atoms with E-state index in [1.165, 1.54) is 38.9 Å². The highest BCUT2D eigenvalue weighted by molar-refractivity contribution is 5.91.